The van der Waals surface area contributed by atoms with Gasteiger partial charge < -0.3 is 15.4 Å². The Morgan fingerprint density at radius 2 is 1.76 bits per heavy atom. The Labute approximate surface area is 148 Å². The zero-order valence-corrected chi connectivity index (χ0v) is 14.8. The van der Waals surface area contributed by atoms with Crippen LogP contribution in [0.15, 0.2) is 48.5 Å². The molecule has 132 valence electrons. The van der Waals surface area contributed by atoms with Crippen molar-refractivity contribution in [2.24, 2.45) is 5.92 Å². The number of hydrogen-bond donors (Lipinski definition) is 2. The maximum absolute atomic E-state index is 12.1. The average Bonchev–Trinajstić information content (AvgIpc) is 2.60. The van der Waals surface area contributed by atoms with Crippen LogP contribution in [-0.4, -0.2) is 18.9 Å². The van der Waals surface area contributed by atoms with Crippen molar-refractivity contribution in [1.29, 1.82) is 0 Å². The molecule has 0 bridgehead atoms. The topological polar surface area (TPSA) is 67.4 Å². The summed E-state index contributed by atoms with van der Waals surface area (Å²) in [7, 11) is 1.60. The predicted octanol–water partition coefficient (Wildman–Crippen LogP) is 3.15. The van der Waals surface area contributed by atoms with E-state index >= 15 is 0 Å². The molecule has 2 amide bonds. The van der Waals surface area contributed by atoms with Crippen molar-refractivity contribution in [2.75, 3.05) is 12.4 Å². The van der Waals surface area contributed by atoms with Gasteiger partial charge in [0.25, 0.3) is 0 Å². The Balaban J connectivity index is 1.90. The Bertz CT molecular complexity index is 741. The molecule has 0 atom stereocenters. The van der Waals surface area contributed by atoms with E-state index in [-0.39, 0.29) is 17.7 Å². The van der Waals surface area contributed by atoms with E-state index in [2.05, 4.69) is 10.6 Å². The van der Waals surface area contributed by atoms with Crippen molar-refractivity contribution in [3.8, 4) is 5.75 Å². The third kappa shape index (κ3) is 5.95. The fourth-order valence-corrected chi connectivity index (χ4v) is 2.28. The molecule has 2 aromatic carbocycles. The number of carbonyl (C=O) groups is 2. The molecule has 25 heavy (non-hydrogen) atoms. The lowest BCUT2D eigenvalue weighted by molar-refractivity contribution is -0.120. The number of hydrogen-bond acceptors (Lipinski definition) is 3. The third-order valence-electron chi connectivity index (χ3n) is 3.71. The molecule has 5 nitrogen and oxygen atoms in total. The minimum absolute atomic E-state index is 0.0285. The maximum atomic E-state index is 12.1. The summed E-state index contributed by atoms with van der Waals surface area (Å²) >= 11 is 0. The molecule has 2 rings (SSSR count). The first-order valence-corrected chi connectivity index (χ1v) is 8.27. The summed E-state index contributed by atoms with van der Waals surface area (Å²) in [6, 6.07) is 14.9. The Hall–Kier alpha value is -2.82. The number of anilines is 1. The molecule has 0 saturated carbocycles. The van der Waals surface area contributed by atoms with Crippen LogP contribution in [0.4, 0.5) is 5.69 Å². The Kier molecular flexibility index (Phi) is 6.57. The number of ether oxygens (including phenoxy) is 1. The number of amides is 2. The van der Waals surface area contributed by atoms with E-state index in [1.807, 2.05) is 62.4 Å². The summed E-state index contributed by atoms with van der Waals surface area (Å²) in [5.41, 5.74) is 2.56. The highest BCUT2D eigenvalue weighted by molar-refractivity contribution is 5.92. The molecule has 0 saturated heterocycles. The van der Waals surface area contributed by atoms with Gasteiger partial charge in [0.1, 0.15) is 5.75 Å². The van der Waals surface area contributed by atoms with Crippen molar-refractivity contribution in [3.05, 3.63) is 59.7 Å². The van der Waals surface area contributed by atoms with Crippen LogP contribution in [0.1, 0.15) is 25.0 Å². The largest absolute Gasteiger partial charge is 0.497 e. The van der Waals surface area contributed by atoms with E-state index in [0.717, 1.165) is 22.6 Å². The van der Waals surface area contributed by atoms with Gasteiger partial charge in [-0.05, 0) is 35.4 Å². The fraction of sp³-hybridized carbons (Fsp3) is 0.300. The van der Waals surface area contributed by atoms with E-state index in [1.165, 1.54) is 0 Å². The van der Waals surface area contributed by atoms with Crippen LogP contribution in [-0.2, 0) is 22.6 Å². The smallest absolute Gasteiger partial charge is 0.226 e. The van der Waals surface area contributed by atoms with Crippen molar-refractivity contribution in [3.63, 3.8) is 0 Å². The molecule has 0 aliphatic carbocycles. The molecule has 0 aliphatic heterocycles. The normalized spacial score (nSPS) is 10.4. The average molecular weight is 340 g/mol. The molecule has 0 radical (unpaired) electrons. The third-order valence-corrected chi connectivity index (χ3v) is 3.71. The number of benzene rings is 2. The van der Waals surface area contributed by atoms with Gasteiger partial charge in [0.2, 0.25) is 11.8 Å². The number of rotatable bonds is 7. The summed E-state index contributed by atoms with van der Waals surface area (Å²) in [6.45, 7) is 4.10. The highest BCUT2D eigenvalue weighted by Gasteiger charge is 2.08. The van der Waals surface area contributed by atoms with Gasteiger partial charge in [0, 0.05) is 18.2 Å². The molecule has 5 heteroatoms. The standard InChI is InChI=1S/C20H24N2O3/c1-14(2)20(24)22-17-8-4-7-16(10-17)13-21-19(23)12-15-6-5-9-18(11-15)25-3/h4-11,14H,12-13H2,1-3H3,(H,21,23)(H,22,24). The monoisotopic (exact) mass is 340 g/mol. The van der Waals surface area contributed by atoms with Gasteiger partial charge in [-0.1, -0.05) is 38.1 Å². The van der Waals surface area contributed by atoms with Gasteiger partial charge in [0.15, 0.2) is 0 Å². The first kappa shape index (κ1) is 18.5. The number of methoxy groups -OCH3 is 1. The van der Waals surface area contributed by atoms with Crippen LogP contribution in [0.3, 0.4) is 0 Å². The zero-order valence-electron chi connectivity index (χ0n) is 14.8. The van der Waals surface area contributed by atoms with Crippen molar-refractivity contribution >= 4 is 17.5 Å². The van der Waals surface area contributed by atoms with Crippen LogP contribution >= 0.6 is 0 Å². The summed E-state index contributed by atoms with van der Waals surface area (Å²) in [5, 5.41) is 5.75. The second kappa shape index (κ2) is 8.87. The molecular weight excluding hydrogens is 316 g/mol. The van der Waals surface area contributed by atoms with Crippen LogP contribution in [0.2, 0.25) is 0 Å². The van der Waals surface area contributed by atoms with Gasteiger partial charge in [-0.25, -0.2) is 0 Å². The lowest BCUT2D eigenvalue weighted by Gasteiger charge is -2.10. The number of nitrogens with one attached hydrogen (secondary N) is 2. The van der Waals surface area contributed by atoms with Gasteiger partial charge in [-0.2, -0.15) is 0 Å². The molecule has 0 unspecified atom stereocenters. The van der Waals surface area contributed by atoms with E-state index in [1.54, 1.807) is 7.11 Å². The first-order chi connectivity index (χ1) is 12.0. The maximum Gasteiger partial charge on any atom is 0.226 e. The van der Waals surface area contributed by atoms with Gasteiger partial charge in [-0.3, -0.25) is 9.59 Å². The first-order valence-electron chi connectivity index (χ1n) is 8.27. The molecule has 0 heterocycles. The van der Waals surface area contributed by atoms with Crippen LogP contribution in [0, 0.1) is 5.92 Å². The molecule has 2 aromatic rings. The molecule has 2 N–H and O–H groups in total. The minimum Gasteiger partial charge on any atom is -0.497 e. The van der Waals surface area contributed by atoms with E-state index in [9.17, 15) is 9.59 Å². The molecule has 0 spiro atoms. The molecular formula is C20H24N2O3. The molecule has 0 aliphatic rings. The minimum atomic E-state index is -0.0776. The highest BCUT2D eigenvalue weighted by Crippen LogP contribution is 2.14. The van der Waals surface area contributed by atoms with Crippen molar-refractivity contribution < 1.29 is 14.3 Å². The van der Waals surface area contributed by atoms with E-state index in [0.29, 0.717) is 13.0 Å². The second-order valence-corrected chi connectivity index (χ2v) is 6.15. The van der Waals surface area contributed by atoms with Gasteiger partial charge >= 0.3 is 0 Å². The van der Waals surface area contributed by atoms with Crippen LogP contribution < -0.4 is 15.4 Å². The van der Waals surface area contributed by atoms with Gasteiger partial charge in [0.05, 0.1) is 13.5 Å². The van der Waals surface area contributed by atoms with Crippen molar-refractivity contribution in [1.82, 2.24) is 5.32 Å². The van der Waals surface area contributed by atoms with Crippen LogP contribution in [0.5, 0.6) is 5.75 Å². The summed E-state index contributed by atoms with van der Waals surface area (Å²) in [5.74, 6) is 0.564. The van der Waals surface area contributed by atoms with Crippen LogP contribution in [0.25, 0.3) is 0 Å². The van der Waals surface area contributed by atoms with Gasteiger partial charge in [-0.15, -0.1) is 0 Å². The predicted molar refractivity (Wildman–Crippen MR) is 98.5 cm³/mol. The highest BCUT2D eigenvalue weighted by atomic mass is 16.5. The fourth-order valence-electron chi connectivity index (χ4n) is 2.28. The summed E-state index contributed by atoms with van der Waals surface area (Å²) < 4.78 is 5.16. The lowest BCUT2D eigenvalue weighted by atomic mass is 10.1. The quantitative estimate of drug-likeness (QED) is 0.814. The van der Waals surface area contributed by atoms with E-state index in [4.69, 9.17) is 4.74 Å². The lowest BCUT2D eigenvalue weighted by Crippen LogP contribution is -2.24. The zero-order chi connectivity index (χ0) is 18.2. The molecule has 0 fully saturated rings. The summed E-state index contributed by atoms with van der Waals surface area (Å²) in [6.07, 6.45) is 0.293. The summed E-state index contributed by atoms with van der Waals surface area (Å²) in [4.78, 5) is 23.9. The second-order valence-electron chi connectivity index (χ2n) is 6.15. The Morgan fingerprint density at radius 3 is 2.48 bits per heavy atom. The number of carbonyl (C=O) groups excluding carboxylic acids is 2. The molecule has 0 aromatic heterocycles. The van der Waals surface area contributed by atoms with E-state index < -0.39 is 0 Å². The SMILES string of the molecule is COc1cccc(CC(=O)NCc2cccc(NC(=O)C(C)C)c2)c1. The Morgan fingerprint density at radius 1 is 1.04 bits per heavy atom. The van der Waals surface area contributed by atoms with Crippen molar-refractivity contribution in [2.45, 2.75) is 26.8 Å².